The maximum Gasteiger partial charge on any atom is 0.273 e. The lowest BCUT2D eigenvalue weighted by molar-refractivity contribution is -0.385. The molecule has 0 fully saturated rings. The molecule has 0 aliphatic rings. The number of carbonyl (C=O) groups is 1. The summed E-state index contributed by atoms with van der Waals surface area (Å²) < 4.78 is 0. The van der Waals surface area contributed by atoms with E-state index < -0.39 is 4.92 Å². The van der Waals surface area contributed by atoms with Crippen LogP contribution in [-0.2, 0) is 6.42 Å². The van der Waals surface area contributed by atoms with E-state index in [1.165, 1.54) is 6.07 Å². The average molecular weight is 284 g/mol. The van der Waals surface area contributed by atoms with Crippen molar-refractivity contribution in [1.82, 2.24) is 5.32 Å². The van der Waals surface area contributed by atoms with Crippen LogP contribution in [0, 0.1) is 17.0 Å². The normalized spacial score (nSPS) is 10.1. The molecule has 0 unspecified atom stereocenters. The largest absolute Gasteiger partial charge is 0.352 e. The van der Waals surface area contributed by atoms with Gasteiger partial charge in [-0.1, -0.05) is 36.4 Å². The van der Waals surface area contributed by atoms with Gasteiger partial charge in [0.25, 0.3) is 11.6 Å². The molecule has 5 nitrogen and oxygen atoms in total. The van der Waals surface area contributed by atoms with Crippen LogP contribution in [0.1, 0.15) is 21.5 Å². The van der Waals surface area contributed by atoms with E-state index in [0.29, 0.717) is 17.7 Å². The first kappa shape index (κ1) is 14.7. The number of nitro benzene ring substituents is 1. The summed E-state index contributed by atoms with van der Waals surface area (Å²) in [4.78, 5) is 22.4. The average Bonchev–Trinajstić information content (AvgIpc) is 2.48. The summed E-state index contributed by atoms with van der Waals surface area (Å²) in [6, 6.07) is 14.3. The Morgan fingerprint density at radius 2 is 1.90 bits per heavy atom. The Bertz CT molecular complexity index is 654. The molecule has 0 aliphatic heterocycles. The molecular formula is C16H16N2O3. The Morgan fingerprint density at radius 1 is 1.19 bits per heavy atom. The van der Waals surface area contributed by atoms with Gasteiger partial charge >= 0.3 is 0 Å². The third-order valence-electron chi connectivity index (χ3n) is 3.21. The number of carbonyl (C=O) groups excluding carboxylic acids is 1. The summed E-state index contributed by atoms with van der Waals surface area (Å²) in [6.07, 6.45) is 0.723. The van der Waals surface area contributed by atoms with Crippen molar-refractivity contribution in [3.8, 4) is 0 Å². The summed E-state index contributed by atoms with van der Waals surface area (Å²) in [5.41, 5.74) is 1.94. The predicted molar refractivity (Wildman–Crippen MR) is 80.3 cm³/mol. The molecular weight excluding hydrogens is 268 g/mol. The Hall–Kier alpha value is -2.69. The number of aryl methyl sites for hydroxylation is 1. The topological polar surface area (TPSA) is 72.2 Å². The fraction of sp³-hybridized carbons (Fsp3) is 0.188. The second-order valence-electron chi connectivity index (χ2n) is 4.75. The third kappa shape index (κ3) is 3.89. The number of rotatable bonds is 5. The third-order valence-corrected chi connectivity index (χ3v) is 3.21. The zero-order valence-corrected chi connectivity index (χ0v) is 11.7. The van der Waals surface area contributed by atoms with Crippen molar-refractivity contribution in [2.24, 2.45) is 0 Å². The Labute approximate surface area is 122 Å². The van der Waals surface area contributed by atoms with Crippen LogP contribution in [0.15, 0.2) is 48.5 Å². The Balaban J connectivity index is 1.97. The van der Waals surface area contributed by atoms with Gasteiger partial charge in [-0.3, -0.25) is 14.9 Å². The van der Waals surface area contributed by atoms with Gasteiger partial charge in [0.15, 0.2) is 0 Å². The van der Waals surface area contributed by atoms with Crippen LogP contribution in [0.25, 0.3) is 0 Å². The van der Waals surface area contributed by atoms with Crippen LogP contribution in [0.2, 0.25) is 0 Å². The van der Waals surface area contributed by atoms with Crippen molar-refractivity contribution >= 4 is 11.6 Å². The van der Waals surface area contributed by atoms with E-state index in [1.54, 1.807) is 19.1 Å². The summed E-state index contributed by atoms with van der Waals surface area (Å²) in [7, 11) is 0. The van der Waals surface area contributed by atoms with Gasteiger partial charge in [-0.15, -0.1) is 0 Å². The highest BCUT2D eigenvalue weighted by Crippen LogP contribution is 2.19. The van der Waals surface area contributed by atoms with Crippen molar-refractivity contribution in [2.45, 2.75) is 13.3 Å². The minimum Gasteiger partial charge on any atom is -0.352 e. The fourth-order valence-corrected chi connectivity index (χ4v) is 2.01. The first-order valence-electron chi connectivity index (χ1n) is 6.65. The highest BCUT2D eigenvalue weighted by Gasteiger charge is 2.14. The fourth-order valence-electron chi connectivity index (χ4n) is 2.01. The maximum atomic E-state index is 12.0. The van der Waals surface area contributed by atoms with Crippen LogP contribution in [-0.4, -0.2) is 17.4 Å². The minimum absolute atomic E-state index is 0.0364. The van der Waals surface area contributed by atoms with E-state index in [0.717, 1.165) is 12.0 Å². The van der Waals surface area contributed by atoms with E-state index in [9.17, 15) is 14.9 Å². The van der Waals surface area contributed by atoms with Gasteiger partial charge in [-0.25, -0.2) is 0 Å². The lowest BCUT2D eigenvalue weighted by Gasteiger charge is -2.06. The Kier molecular flexibility index (Phi) is 4.66. The zero-order valence-electron chi connectivity index (χ0n) is 11.7. The van der Waals surface area contributed by atoms with E-state index in [2.05, 4.69) is 5.32 Å². The smallest absolute Gasteiger partial charge is 0.273 e. The number of hydrogen-bond acceptors (Lipinski definition) is 3. The predicted octanol–water partition coefficient (Wildman–Crippen LogP) is 2.88. The molecule has 5 heteroatoms. The molecule has 0 aromatic heterocycles. The van der Waals surface area contributed by atoms with Gasteiger partial charge < -0.3 is 5.32 Å². The summed E-state index contributed by atoms with van der Waals surface area (Å²) in [5.74, 6) is -0.297. The number of amides is 1. The highest BCUT2D eigenvalue weighted by atomic mass is 16.6. The lowest BCUT2D eigenvalue weighted by atomic mass is 10.1. The lowest BCUT2D eigenvalue weighted by Crippen LogP contribution is -2.25. The first-order valence-corrected chi connectivity index (χ1v) is 6.65. The highest BCUT2D eigenvalue weighted by molar-refractivity contribution is 5.94. The van der Waals surface area contributed by atoms with Gasteiger partial charge in [0.1, 0.15) is 0 Å². The maximum absolute atomic E-state index is 12.0. The molecule has 1 amide bonds. The van der Waals surface area contributed by atoms with Crippen LogP contribution in [0.4, 0.5) is 5.69 Å². The molecule has 0 saturated carbocycles. The quantitative estimate of drug-likeness (QED) is 0.677. The SMILES string of the molecule is Cc1ccc(C(=O)NCCc2ccccc2)cc1[N+](=O)[O-]. The van der Waals surface area contributed by atoms with E-state index in [-0.39, 0.29) is 11.6 Å². The molecule has 0 radical (unpaired) electrons. The molecule has 0 heterocycles. The molecule has 2 rings (SSSR count). The van der Waals surface area contributed by atoms with Crippen LogP contribution < -0.4 is 5.32 Å². The zero-order chi connectivity index (χ0) is 15.2. The number of nitrogens with zero attached hydrogens (tertiary/aromatic N) is 1. The number of nitro groups is 1. The molecule has 2 aromatic rings. The monoisotopic (exact) mass is 284 g/mol. The van der Waals surface area contributed by atoms with Gasteiger partial charge in [0.2, 0.25) is 0 Å². The van der Waals surface area contributed by atoms with Crippen LogP contribution in [0.5, 0.6) is 0 Å². The van der Waals surface area contributed by atoms with Crippen molar-refractivity contribution in [3.63, 3.8) is 0 Å². The molecule has 0 atom stereocenters. The first-order chi connectivity index (χ1) is 10.1. The number of benzene rings is 2. The Morgan fingerprint density at radius 3 is 2.57 bits per heavy atom. The van der Waals surface area contributed by atoms with E-state index in [1.807, 2.05) is 30.3 Å². The number of hydrogen-bond donors (Lipinski definition) is 1. The molecule has 0 spiro atoms. The van der Waals surface area contributed by atoms with Crippen LogP contribution >= 0.6 is 0 Å². The van der Waals surface area contributed by atoms with Crippen molar-refractivity contribution in [1.29, 1.82) is 0 Å². The van der Waals surface area contributed by atoms with Crippen molar-refractivity contribution < 1.29 is 9.72 Å². The molecule has 1 N–H and O–H groups in total. The van der Waals surface area contributed by atoms with Crippen molar-refractivity contribution in [3.05, 3.63) is 75.3 Å². The summed E-state index contributed by atoms with van der Waals surface area (Å²) in [5, 5.41) is 13.6. The second kappa shape index (κ2) is 6.65. The molecule has 2 aromatic carbocycles. The second-order valence-corrected chi connectivity index (χ2v) is 4.75. The van der Waals surface area contributed by atoms with Gasteiger partial charge in [0, 0.05) is 23.7 Å². The van der Waals surface area contributed by atoms with E-state index >= 15 is 0 Å². The van der Waals surface area contributed by atoms with Gasteiger partial charge in [-0.05, 0) is 25.0 Å². The minimum atomic E-state index is -0.476. The van der Waals surface area contributed by atoms with Gasteiger partial charge in [-0.2, -0.15) is 0 Å². The molecule has 0 saturated heterocycles. The molecule has 0 aliphatic carbocycles. The van der Waals surface area contributed by atoms with E-state index in [4.69, 9.17) is 0 Å². The van der Waals surface area contributed by atoms with Gasteiger partial charge in [0.05, 0.1) is 4.92 Å². The van der Waals surface area contributed by atoms with Crippen LogP contribution in [0.3, 0.4) is 0 Å². The summed E-state index contributed by atoms with van der Waals surface area (Å²) >= 11 is 0. The van der Waals surface area contributed by atoms with Crippen molar-refractivity contribution in [2.75, 3.05) is 6.54 Å². The summed E-state index contributed by atoms with van der Waals surface area (Å²) in [6.45, 7) is 2.14. The molecule has 0 bridgehead atoms. The molecule has 21 heavy (non-hydrogen) atoms. The number of nitrogens with one attached hydrogen (secondary N) is 1. The standard InChI is InChI=1S/C16H16N2O3/c1-12-7-8-14(11-15(12)18(20)21)16(19)17-10-9-13-5-3-2-4-6-13/h2-8,11H,9-10H2,1H3,(H,17,19). The molecule has 108 valence electrons.